The smallest absolute Gasteiger partial charge is 0.244 e. The first kappa shape index (κ1) is 23.1. The van der Waals surface area contributed by atoms with Gasteiger partial charge in [-0.1, -0.05) is 12.1 Å². The third-order valence-electron chi connectivity index (χ3n) is 6.39. The fourth-order valence-corrected chi connectivity index (χ4v) is 5.07. The Labute approximate surface area is 208 Å². The Morgan fingerprint density at radius 1 is 1.23 bits per heavy atom. The zero-order chi connectivity index (χ0) is 24.2. The van der Waals surface area contributed by atoms with E-state index in [1.54, 1.807) is 17.4 Å². The molecule has 0 saturated carbocycles. The minimum Gasteiger partial charge on any atom is -0.454 e. The molecule has 0 aliphatic carbocycles. The van der Waals surface area contributed by atoms with Crippen molar-refractivity contribution in [1.82, 2.24) is 15.2 Å². The van der Waals surface area contributed by atoms with Crippen LogP contribution in [0, 0.1) is 6.92 Å². The molecule has 1 N–H and O–H groups in total. The van der Waals surface area contributed by atoms with Gasteiger partial charge in [-0.05, 0) is 71.7 Å². The number of carbonyl (C=O) groups excluding carboxylic acids is 2. The van der Waals surface area contributed by atoms with Crippen LogP contribution in [0.15, 0.2) is 48.0 Å². The lowest BCUT2D eigenvalue weighted by Crippen LogP contribution is -2.37. The normalized spacial score (nSPS) is 14.3. The molecular formula is C27H27N3O4S. The van der Waals surface area contributed by atoms with Gasteiger partial charge in [0.15, 0.2) is 11.5 Å². The summed E-state index contributed by atoms with van der Waals surface area (Å²) < 4.78 is 10.8. The van der Waals surface area contributed by atoms with E-state index in [1.165, 1.54) is 5.56 Å². The molecule has 8 heteroatoms. The summed E-state index contributed by atoms with van der Waals surface area (Å²) in [5, 5.41) is 4.96. The van der Waals surface area contributed by atoms with Crippen LogP contribution in [-0.2, 0) is 35.5 Å². The molecule has 2 amide bonds. The van der Waals surface area contributed by atoms with Crippen molar-refractivity contribution >= 4 is 29.2 Å². The fraction of sp³-hybridized carbons (Fsp3) is 0.296. The topological polar surface area (TPSA) is 80.8 Å². The van der Waals surface area contributed by atoms with Crippen LogP contribution in [0.3, 0.4) is 0 Å². The third-order valence-corrected chi connectivity index (χ3v) is 7.23. The van der Waals surface area contributed by atoms with Gasteiger partial charge in [0.2, 0.25) is 18.6 Å². The number of fused-ring (bicyclic) bond motifs is 2. The summed E-state index contributed by atoms with van der Waals surface area (Å²) in [4.78, 5) is 32.7. The number of benzene rings is 1. The quantitative estimate of drug-likeness (QED) is 0.507. The van der Waals surface area contributed by atoms with Gasteiger partial charge in [-0.15, -0.1) is 11.3 Å². The molecule has 0 bridgehead atoms. The summed E-state index contributed by atoms with van der Waals surface area (Å²) >= 11 is 1.59. The second-order valence-corrected chi connectivity index (χ2v) is 9.62. The van der Waals surface area contributed by atoms with Crippen molar-refractivity contribution in [3.8, 4) is 11.5 Å². The lowest BCUT2D eigenvalue weighted by Gasteiger charge is -2.30. The van der Waals surface area contributed by atoms with Crippen molar-refractivity contribution < 1.29 is 19.1 Å². The predicted molar refractivity (Wildman–Crippen MR) is 134 cm³/mol. The van der Waals surface area contributed by atoms with Gasteiger partial charge in [0.25, 0.3) is 0 Å². The standard InChI is InChI=1S/C27H27N3O4S/c1-18-23(15-29-26(31)8-6-21-3-2-12-35-21)22-10-11-30(16-20(22)14-28-18)27(32)9-5-19-4-7-24-25(13-19)34-17-33-24/h2-4,6-8,12-14H,5,9-11,15-17H2,1H3,(H,29,31). The summed E-state index contributed by atoms with van der Waals surface area (Å²) in [7, 11) is 0. The second kappa shape index (κ2) is 10.3. The number of rotatable bonds is 7. The molecule has 0 radical (unpaired) electrons. The first-order valence-corrected chi connectivity index (χ1v) is 12.6. The van der Waals surface area contributed by atoms with E-state index in [2.05, 4.69) is 10.3 Å². The molecule has 2 aliphatic heterocycles. The number of pyridine rings is 1. The molecule has 0 fully saturated rings. The molecule has 2 aromatic heterocycles. The van der Waals surface area contributed by atoms with E-state index < -0.39 is 0 Å². The SMILES string of the molecule is Cc1ncc2c(c1CNC(=O)C=Cc1cccs1)CCN(C(=O)CCc1ccc3c(c1)OCO3)C2. The maximum atomic E-state index is 12.9. The zero-order valence-corrected chi connectivity index (χ0v) is 20.4. The first-order valence-electron chi connectivity index (χ1n) is 11.7. The molecule has 2 aliphatic rings. The average molecular weight is 490 g/mol. The minimum atomic E-state index is -0.133. The Hall–Kier alpha value is -3.65. The van der Waals surface area contributed by atoms with Crippen molar-refractivity contribution in [2.24, 2.45) is 0 Å². The zero-order valence-electron chi connectivity index (χ0n) is 19.6. The molecule has 35 heavy (non-hydrogen) atoms. The third kappa shape index (κ3) is 5.38. The van der Waals surface area contributed by atoms with Crippen LogP contribution >= 0.6 is 11.3 Å². The minimum absolute atomic E-state index is 0.127. The van der Waals surface area contributed by atoms with Crippen LogP contribution < -0.4 is 14.8 Å². The lowest BCUT2D eigenvalue weighted by atomic mass is 9.94. The van der Waals surface area contributed by atoms with E-state index in [9.17, 15) is 9.59 Å². The Morgan fingerprint density at radius 2 is 2.11 bits per heavy atom. The summed E-state index contributed by atoms with van der Waals surface area (Å²) in [6.07, 6.45) is 7.09. The monoisotopic (exact) mass is 489 g/mol. The van der Waals surface area contributed by atoms with Crippen LogP contribution in [0.4, 0.5) is 0 Å². The summed E-state index contributed by atoms with van der Waals surface area (Å²) in [5.74, 6) is 1.49. The van der Waals surface area contributed by atoms with Gasteiger partial charge in [-0.2, -0.15) is 0 Å². The molecule has 4 heterocycles. The second-order valence-electron chi connectivity index (χ2n) is 8.65. The van der Waals surface area contributed by atoms with Crippen LogP contribution in [0.1, 0.15) is 39.2 Å². The average Bonchev–Trinajstić information content (AvgIpc) is 3.57. The highest BCUT2D eigenvalue weighted by molar-refractivity contribution is 7.10. The van der Waals surface area contributed by atoms with E-state index in [0.29, 0.717) is 32.5 Å². The van der Waals surface area contributed by atoms with Crippen LogP contribution in [-0.4, -0.2) is 35.0 Å². The maximum Gasteiger partial charge on any atom is 0.244 e. The number of hydrogen-bond donors (Lipinski definition) is 1. The van der Waals surface area contributed by atoms with Gasteiger partial charge in [0.1, 0.15) is 0 Å². The van der Waals surface area contributed by atoms with E-state index in [4.69, 9.17) is 9.47 Å². The molecule has 3 aromatic rings. The van der Waals surface area contributed by atoms with E-state index in [0.717, 1.165) is 45.2 Å². The maximum absolute atomic E-state index is 12.9. The van der Waals surface area contributed by atoms with Crippen LogP contribution in [0.25, 0.3) is 6.08 Å². The number of hydrogen-bond acceptors (Lipinski definition) is 6. The number of carbonyl (C=O) groups is 2. The number of ether oxygens (including phenoxy) is 2. The molecule has 0 saturated heterocycles. The molecule has 0 unspecified atom stereocenters. The van der Waals surface area contributed by atoms with Gasteiger partial charge in [-0.25, -0.2) is 0 Å². The molecule has 7 nitrogen and oxygen atoms in total. The Morgan fingerprint density at radius 3 is 2.97 bits per heavy atom. The molecule has 180 valence electrons. The van der Waals surface area contributed by atoms with Gasteiger partial charge in [0, 0.05) is 48.9 Å². The number of nitrogens with zero attached hydrogens (tertiary/aromatic N) is 2. The van der Waals surface area contributed by atoms with E-state index in [-0.39, 0.29) is 18.6 Å². The van der Waals surface area contributed by atoms with Crippen molar-refractivity contribution in [3.05, 3.63) is 80.8 Å². The Balaban J connectivity index is 1.18. The summed E-state index contributed by atoms with van der Waals surface area (Å²) in [5.41, 5.74) is 5.27. The van der Waals surface area contributed by atoms with Crippen molar-refractivity contribution in [1.29, 1.82) is 0 Å². The van der Waals surface area contributed by atoms with E-state index in [1.807, 2.05) is 59.8 Å². The summed E-state index contributed by atoms with van der Waals surface area (Å²) in [6, 6.07) is 9.75. The van der Waals surface area contributed by atoms with Crippen molar-refractivity contribution in [2.45, 2.75) is 39.3 Å². The largest absolute Gasteiger partial charge is 0.454 e. The molecule has 5 rings (SSSR count). The first-order chi connectivity index (χ1) is 17.1. The highest BCUT2D eigenvalue weighted by atomic mass is 32.1. The van der Waals surface area contributed by atoms with Crippen molar-refractivity contribution in [2.75, 3.05) is 13.3 Å². The van der Waals surface area contributed by atoms with Crippen LogP contribution in [0.5, 0.6) is 11.5 Å². The fourth-order valence-electron chi connectivity index (χ4n) is 4.45. The van der Waals surface area contributed by atoms with Crippen LogP contribution in [0.2, 0.25) is 0 Å². The number of aromatic nitrogens is 1. The highest BCUT2D eigenvalue weighted by Gasteiger charge is 2.24. The van der Waals surface area contributed by atoms with Gasteiger partial charge >= 0.3 is 0 Å². The highest BCUT2D eigenvalue weighted by Crippen LogP contribution is 2.33. The number of amides is 2. The molecule has 0 spiro atoms. The Bertz CT molecular complexity index is 1270. The lowest BCUT2D eigenvalue weighted by molar-refractivity contribution is -0.132. The Kier molecular flexibility index (Phi) is 6.81. The molecule has 0 atom stereocenters. The van der Waals surface area contributed by atoms with Crippen molar-refractivity contribution in [3.63, 3.8) is 0 Å². The number of thiophene rings is 1. The van der Waals surface area contributed by atoms with Gasteiger partial charge in [-0.3, -0.25) is 14.6 Å². The van der Waals surface area contributed by atoms with Gasteiger partial charge < -0.3 is 19.7 Å². The molecule has 1 aromatic carbocycles. The van der Waals surface area contributed by atoms with Gasteiger partial charge in [0.05, 0.1) is 0 Å². The summed E-state index contributed by atoms with van der Waals surface area (Å²) in [6.45, 7) is 3.84. The molecular weight excluding hydrogens is 462 g/mol. The number of aryl methyl sites for hydroxylation is 2. The number of nitrogens with one attached hydrogen (secondary N) is 1. The predicted octanol–water partition coefficient (Wildman–Crippen LogP) is 4.03. The van der Waals surface area contributed by atoms with E-state index >= 15 is 0 Å².